The summed E-state index contributed by atoms with van der Waals surface area (Å²) in [5, 5.41) is 8.51. The number of primary amides is 1. The molecule has 12 heavy (non-hydrogen) atoms. The number of carboxylic acid groups (broad SMARTS) is 1. The molecule has 0 radical (unpaired) electrons. The van der Waals surface area contributed by atoms with Crippen molar-refractivity contribution in [1.82, 2.24) is 0 Å². The third-order valence-electron chi connectivity index (χ3n) is 2.09. The number of nitrogens with two attached hydrogens (primary N) is 2. The number of hydrogen-bond acceptors (Lipinski definition) is 3. The van der Waals surface area contributed by atoms with E-state index in [2.05, 4.69) is 0 Å². The molecule has 0 fully saturated rings. The van der Waals surface area contributed by atoms with E-state index in [-0.39, 0.29) is 0 Å². The normalized spacial score (nSPS) is 17.9. The molecule has 0 heterocycles. The molecule has 0 aliphatic heterocycles. The Labute approximate surface area is 70.7 Å². The van der Waals surface area contributed by atoms with Crippen molar-refractivity contribution in [3.8, 4) is 0 Å². The molecule has 0 aliphatic rings. The summed E-state index contributed by atoms with van der Waals surface area (Å²) in [6.45, 7) is 3.16. The van der Waals surface area contributed by atoms with E-state index in [0.29, 0.717) is 0 Å². The highest BCUT2D eigenvalue weighted by atomic mass is 16.4. The first-order chi connectivity index (χ1) is 5.37. The maximum absolute atomic E-state index is 10.6. The molecule has 5 heteroatoms. The highest BCUT2D eigenvalue weighted by molar-refractivity contribution is 5.79. The van der Waals surface area contributed by atoms with Gasteiger partial charge in [0.2, 0.25) is 5.91 Å². The fourth-order valence-electron chi connectivity index (χ4n) is 0.795. The summed E-state index contributed by atoms with van der Waals surface area (Å²) in [4.78, 5) is 21.0. The van der Waals surface area contributed by atoms with Gasteiger partial charge in [0.1, 0.15) is 6.04 Å². The second kappa shape index (κ2) is 4.06. The lowest BCUT2D eigenvalue weighted by Gasteiger charge is -2.20. The Kier molecular flexibility index (Phi) is 3.69. The van der Waals surface area contributed by atoms with Crippen LogP contribution in [0.4, 0.5) is 0 Å². The zero-order chi connectivity index (χ0) is 9.89. The van der Waals surface area contributed by atoms with Crippen LogP contribution in [0.15, 0.2) is 0 Å². The lowest BCUT2D eigenvalue weighted by atomic mass is 9.89. The fraction of sp³-hybridized carbons (Fsp3) is 0.714. The second-order valence-electron chi connectivity index (χ2n) is 2.91. The van der Waals surface area contributed by atoms with Crippen molar-refractivity contribution in [2.45, 2.75) is 19.9 Å². The van der Waals surface area contributed by atoms with Gasteiger partial charge in [0.15, 0.2) is 0 Å². The Morgan fingerprint density at radius 2 is 1.75 bits per heavy atom. The fourth-order valence-corrected chi connectivity index (χ4v) is 0.795. The minimum absolute atomic E-state index is 0.444. The lowest BCUT2D eigenvalue weighted by Crippen LogP contribution is -2.42. The van der Waals surface area contributed by atoms with E-state index >= 15 is 0 Å². The minimum atomic E-state index is -1.12. The van der Waals surface area contributed by atoms with Crippen LogP contribution in [-0.4, -0.2) is 23.0 Å². The van der Waals surface area contributed by atoms with Crippen LogP contribution in [0.5, 0.6) is 0 Å². The van der Waals surface area contributed by atoms with Crippen molar-refractivity contribution in [3.05, 3.63) is 0 Å². The van der Waals surface area contributed by atoms with Gasteiger partial charge in [-0.25, -0.2) is 0 Å². The minimum Gasteiger partial charge on any atom is -0.480 e. The van der Waals surface area contributed by atoms with Gasteiger partial charge < -0.3 is 16.6 Å². The average Bonchev–Trinajstić information content (AvgIpc) is 2.00. The van der Waals surface area contributed by atoms with Crippen molar-refractivity contribution in [2.75, 3.05) is 0 Å². The van der Waals surface area contributed by atoms with Crippen LogP contribution < -0.4 is 11.5 Å². The Bertz CT molecular complexity index is 173. The van der Waals surface area contributed by atoms with Crippen molar-refractivity contribution in [3.63, 3.8) is 0 Å². The van der Waals surface area contributed by atoms with Gasteiger partial charge in [-0.05, 0) is 5.92 Å². The quantitative estimate of drug-likeness (QED) is 0.516. The smallest absolute Gasteiger partial charge is 0.320 e. The first kappa shape index (κ1) is 10.9. The molecule has 0 aliphatic carbocycles. The maximum Gasteiger partial charge on any atom is 0.320 e. The number of carbonyl (C=O) groups excluding carboxylic acids is 1. The van der Waals surface area contributed by atoms with Crippen molar-refractivity contribution in [1.29, 1.82) is 0 Å². The summed E-state index contributed by atoms with van der Waals surface area (Å²) in [5.74, 6) is -2.61. The van der Waals surface area contributed by atoms with Gasteiger partial charge in [0.25, 0.3) is 0 Å². The molecule has 70 valence electrons. The molecule has 0 spiro atoms. The summed E-state index contributed by atoms with van der Waals surface area (Å²) >= 11 is 0. The second-order valence-corrected chi connectivity index (χ2v) is 2.91. The summed E-state index contributed by atoms with van der Waals surface area (Å²) in [6, 6.07) is -1.03. The van der Waals surface area contributed by atoms with Gasteiger partial charge in [0, 0.05) is 5.92 Å². The monoisotopic (exact) mass is 174 g/mol. The van der Waals surface area contributed by atoms with Gasteiger partial charge in [-0.2, -0.15) is 0 Å². The van der Waals surface area contributed by atoms with E-state index in [0.717, 1.165) is 0 Å². The molecule has 2 unspecified atom stereocenters. The highest BCUT2D eigenvalue weighted by Gasteiger charge is 2.27. The van der Waals surface area contributed by atoms with Crippen LogP contribution in [0.1, 0.15) is 13.8 Å². The summed E-state index contributed by atoms with van der Waals surface area (Å²) in [6.07, 6.45) is 0. The molecular weight excluding hydrogens is 160 g/mol. The van der Waals surface area contributed by atoms with Crippen LogP contribution in [-0.2, 0) is 9.59 Å². The molecular formula is C7H14N2O3. The number of aliphatic carboxylic acids is 1. The molecule has 0 saturated heterocycles. The van der Waals surface area contributed by atoms with Gasteiger partial charge in [0.05, 0.1) is 0 Å². The van der Waals surface area contributed by atoms with Crippen molar-refractivity contribution >= 4 is 11.9 Å². The standard InChI is InChI=1S/C7H14N2O3/c1-3(4(2)6(9)10)5(8)7(11)12/h3-5H,8H2,1-2H3,(H2,9,10)(H,11,12)/t3?,4?,5-/m0/s1. The van der Waals surface area contributed by atoms with E-state index in [9.17, 15) is 9.59 Å². The maximum atomic E-state index is 10.6. The van der Waals surface area contributed by atoms with Gasteiger partial charge in [-0.1, -0.05) is 13.8 Å². The first-order valence-corrected chi connectivity index (χ1v) is 3.65. The van der Waals surface area contributed by atoms with Crippen molar-refractivity contribution < 1.29 is 14.7 Å². The third kappa shape index (κ3) is 2.50. The van der Waals surface area contributed by atoms with E-state index in [4.69, 9.17) is 16.6 Å². The van der Waals surface area contributed by atoms with Crippen LogP contribution in [0.25, 0.3) is 0 Å². The Balaban J connectivity index is 4.28. The molecule has 0 aromatic rings. The molecule has 1 amide bonds. The van der Waals surface area contributed by atoms with Gasteiger partial charge >= 0.3 is 5.97 Å². The van der Waals surface area contributed by atoms with Crippen molar-refractivity contribution in [2.24, 2.45) is 23.3 Å². The molecule has 0 bridgehead atoms. The lowest BCUT2D eigenvalue weighted by molar-refractivity contribution is -0.140. The topological polar surface area (TPSA) is 106 Å². The van der Waals surface area contributed by atoms with Crippen LogP contribution in [0.3, 0.4) is 0 Å². The van der Waals surface area contributed by atoms with E-state index in [1.165, 1.54) is 0 Å². The summed E-state index contributed by atoms with van der Waals surface area (Å²) in [7, 11) is 0. The van der Waals surface area contributed by atoms with E-state index in [1.807, 2.05) is 0 Å². The highest BCUT2D eigenvalue weighted by Crippen LogP contribution is 2.13. The molecule has 5 N–H and O–H groups in total. The molecule has 0 saturated carbocycles. The Morgan fingerprint density at radius 3 is 2.00 bits per heavy atom. The molecule has 0 rings (SSSR count). The third-order valence-corrected chi connectivity index (χ3v) is 2.09. The summed E-state index contributed by atoms with van der Waals surface area (Å²) in [5.41, 5.74) is 10.3. The number of carboxylic acids is 1. The molecule has 5 nitrogen and oxygen atoms in total. The molecule has 0 aromatic heterocycles. The van der Waals surface area contributed by atoms with Crippen LogP contribution >= 0.6 is 0 Å². The SMILES string of the molecule is CC(C(N)=O)C(C)[C@H](N)C(=O)O. The number of amides is 1. The molecule has 3 atom stereocenters. The summed E-state index contributed by atoms with van der Waals surface area (Å²) < 4.78 is 0. The number of carbonyl (C=O) groups is 2. The first-order valence-electron chi connectivity index (χ1n) is 3.65. The Morgan fingerprint density at radius 1 is 1.33 bits per heavy atom. The average molecular weight is 174 g/mol. The predicted molar refractivity (Wildman–Crippen MR) is 43.1 cm³/mol. The van der Waals surface area contributed by atoms with E-state index in [1.54, 1.807) is 13.8 Å². The zero-order valence-corrected chi connectivity index (χ0v) is 7.15. The largest absolute Gasteiger partial charge is 0.480 e. The van der Waals surface area contributed by atoms with Crippen LogP contribution in [0.2, 0.25) is 0 Å². The van der Waals surface area contributed by atoms with Gasteiger partial charge in [-0.3, -0.25) is 9.59 Å². The number of rotatable bonds is 4. The number of hydrogen-bond donors (Lipinski definition) is 3. The van der Waals surface area contributed by atoms with Gasteiger partial charge in [-0.15, -0.1) is 0 Å². The van der Waals surface area contributed by atoms with Crippen LogP contribution in [0, 0.1) is 11.8 Å². The predicted octanol–water partition coefficient (Wildman–Crippen LogP) is -0.844. The zero-order valence-electron chi connectivity index (χ0n) is 7.15. The van der Waals surface area contributed by atoms with E-state index < -0.39 is 29.8 Å². The Hall–Kier alpha value is -1.10. The molecule has 0 aromatic carbocycles.